The highest BCUT2D eigenvalue weighted by Crippen LogP contribution is 2.64. The predicted octanol–water partition coefficient (Wildman–Crippen LogP) is 6.15. The molecule has 8 atom stereocenters. The van der Waals surface area contributed by atoms with Crippen LogP contribution >= 0.6 is 0 Å². The smallest absolute Gasteiger partial charge is 0.241 e. The Morgan fingerprint density at radius 2 is 1.73 bits per heavy atom. The van der Waals surface area contributed by atoms with Crippen LogP contribution in [-0.2, 0) is 11.3 Å². The lowest BCUT2D eigenvalue weighted by atomic mass is 9.49. The predicted molar refractivity (Wildman–Crippen MR) is 123 cm³/mol. The van der Waals surface area contributed by atoms with Gasteiger partial charge in [-0.25, -0.2) is 8.78 Å². The Hall–Kier alpha value is -1.85. The van der Waals surface area contributed by atoms with Crippen molar-refractivity contribution < 1.29 is 13.6 Å². The van der Waals surface area contributed by atoms with Gasteiger partial charge in [0.15, 0.2) is 5.78 Å². The molecule has 0 aliphatic heterocycles. The van der Waals surface area contributed by atoms with Crippen molar-refractivity contribution in [3.8, 4) is 0 Å². The summed E-state index contributed by atoms with van der Waals surface area (Å²) in [7, 11) is 0. The van der Waals surface area contributed by atoms with Crippen molar-refractivity contribution in [2.45, 2.75) is 77.7 Å². The van der Waals surface area contributed by atoms with Gasteiger partial charge in [-0.1, -0.05) is 19.1 Å². The molecule has 4 fully saturated rings. The van der Waals surface area contributed by atoms with E-state index >= 15 is 0 Å². The fourth-order valence-electron chi connectivity index (χ4n) is 8.87. The Labute approximate surface area is 194 Å². The number of benzene rings is 1. The van der Waals surface area contributed by atoms with Crippen molar-refractivity contribution in [2.24, 2.45) is 46.8 Å². The number of aromatic nitrogens is 3. The van der Waals surface area contributed by atoms with Gasteiger partial charge in [0.25, 0.3) is 0 Å². The summed E-state index contributed by atoms with van der Waals surface area (Å²) in [5.41, 5.74) is 1.73. The Morgan fingerprint density at radius 3 is 2.45 bits per heavy atom. The molecular formula is C27H35F2N3O. The number of alkyl halides is 2. The van der Waals surface area contributed by atoms with Crippen molar-refractivity contribution in [1.29, 1.82) is 0 Å². The number of hydrogen-bond donors (Lipinski definition) is 0. The average Bonchev–Trinajstić information content (AvgIpc) is 3.38. The minimum Gasteiger partial charge on any atom is -0.297 e. The van der Waals surface area contributed by atoms with Crippen LogP contribution in [0.3, 0.4) is 0 Å². The maximum absolute atomic E-state index is 13.5. The Kier molecular flexibility index (Phi) is 5.34. The second-order valence-corrected chi connectivity index (χ2v) is 11.7. The summed E-state index contributed by atoms with van der Waals surface area (Å²) >= 11 is 0. The molecule has 0 radical (unpaired) electrons. The second kappa shape index (κ2) is 8.13. The van der Waals surface area contributed by atoms with Gasteiger partial charge in [-0.2, -0.15) is 15.0 Å². The lowest BCUT2D eigenvalue weighted by molar-refractivity contribution is -0.131. The van der Waals surface area contributed by atoms with E-state index in [1.165, 1.54) is 12.8 Å². The molecule has 0 N–H and O–H groups in total. The molecule has 0 spiro atoms. The van der Waals surface area contributed by atoms with Crippen molar-refractivity contribution in [3.05, 3.63) is 24.3 Å². The fourth-order valence-corrected chi connectivity index (χ4v) is 8.87. The van der Waals surface area contributed by atoms with Gasteiger partial charge >= 0.3 is 0 Å². The van der Waals surface area contributed by atoms with Crippen LogP contribution in [0.2, 0.25) is 0 Å². The molecule has 4 nitrogen and oxygen atoms in total. The second-order valence-electron chi connectivity index (χ2n) is 11.7. The van der Waals surface area contributed by atoms with Gasteiger partial charge in [-0.15, -0.1) is 0 Å². The third kappa shape index (κ3) is 3.54. The van der Waals surface area contributed by atoms with E-state index in [1.807, 2.05) is 24.3 Å². The molecule has 6 heteroatoms. The molecule has 2 aromatic rings. The molecule has 4 aliphatic rings. The summed E-state index contributed by atoms with van der Waals surface area (Å²) < 4.78 is 26.7. The lowest BCUT2D eigenvalue weighted by Crippen LogP contribution is -2.49. The highest BCUT2D eigenvalue weighted by Gasteiger charge is 2.58. The van der Waals surface area contributed by atoms with Crippen molar-refractivity contribution in [1.82, 2.24) is 15.0 Å². The first-order valence-electron chi connectivity index (χ1n) is 13.0. The number of fused-ring (bicyclic) bond motifs is 6. The Bertz CT molecular complexity index is 1000. The number of ketones is 1. The van der Waals surface area contributed by atoms with Crippen LogP contribution in [0, 0.1) is 46.8 Å². The summed E-state index contributed by atoms with van der Waals surface area (Å²) in [5, 5.41) is 9.02. The summed E-state index contributed by atoms with van der Waals surface area (Å²) in [6, 6.07) is 7.75. The first kappa shape index (κ1) is 21.7. The summed E-state index contributed by atoms with van der Waals surface area (Å²) in [6.07, 6.45) is 6.96. The van der Waals surface area contributed by atoms with Gasteiger partial charge in [0.2, 0.25) is 6.43 Å². The van der Waals surface area contributed by atoms with Gasteiger partial charge in [0.05, 0.1) is 0 Å². The first-order valence-corrected chi connectivity index (χ1v) is 13.0. The van der Waals surface area contributed by atoms with Crippen LogP contribution in [0.1, 0.15) is 64.7 Å². The number of Topliss-reactive ketones (excluding diaryl/α,β-unsaturated/α-hetero) is 1. The molecule has 1 aromatic heterocycles. The van der Waals surface area contributed by atoms with E-state index in [4.69, 9.17) is 0 Å². The molecule has 0 bridgehead atoms. The van der Waals surface area contributed by atoms with E-state index < -0.39 is 6.43 Å². The molecule has 6 rings (SSSR count). The standard InChI is InChI=1S/C27H35F2N3O/c1-27-13-12-19-18-8-7-17(26(28)29)14-16(18)6-9-20(19)21(27)10-11-22(27)25(33)15-32-30-23-4-2-3-5-24(23)31-32/h2-5,16-22,26H,6-15H2,1H3. The zero-order valence-electron chi connectivity index (χ0n) is 19.5. The number of hydrogen-bond acceptors (Lipinski definition) is 3. The summed E-state index contributed by atoms with van der Waals surface area (Å²) in [6.45, 7) is 2.63. The van der Waals surface area contributed by atoms with E-state index in [0.717, 1.165) is 49.6 Å². The molecular weight excluding hydrogens is 420 g/mol. The van der Waals surface area contributed by atoms with Gasteiger partial charge in [0.1, 0.15) is 17.6 Å². The van der Waals surface area contributed by atoms with Crippen molar-refractivity contribution in [2.75, 3.05) is 0 Å². The van der Waals surface area contributed by atoms with Crippen molar-refractivity contribution >= 4 is 16.8 Å². The number of carbonyl (C=O) groups excluding carboxylic acids is 1. The minimum atomic E-state index is -2.15. The maximum atomic E-state index is 13.5. The zero-order chi connectivity index (χ0) is 22.7. The number of halogens is 2. The van der Waals surface area contributed by atoms with Gasteiger partial charge in [0, 0.05) is 11.8 Å². The largest absolute Gasteiger partial charge is 0.297 e. The average molecular weight is 456 g/mol. The normalized spacial score (nSPS) is 40.4. The van der Waals surface area contributed by atoms with E-state index in [2.05, 4.69) is 17.1 Å². The van der Waals surface area contributed by atoms with Crippen LogP contribution in [-0.4, -0.2) is 27.2 Å². The number of rotatable bonds is 4. The molecule has 0 saturated heterocycles. The molecule has 0 amide bonds. The maximum Gasteiger partial charge on any atom is 0.241 e. The van der Waals surface area contributed by atoms with Gasteiger partial charge in [-0.3, -0.25) is 4.79 Å². The van der Waals surface area contributed by atoms with E-state index in [9.17, 15) is 13.6 Å². The minimum absolute atomic E-state index is 0.0673. The van der Waals surface area contributed by atoms with Crippen LogP contribution in [0.25, 0.3) is 11.0 Å². The quantitative estimate of drug-likeness (QED) is 0.555. The van der Waals surface area contributed by atoms with E-state index in [0.29, 0.717) is 36.0 Å². The van der Waals surface area contributed by atoms with Crippen LogP contribution in [0.15, 0.2) is 24.3 Å². The Balaban J connectivity index is 1.16. The Morgan fingerprint density at radius 1 is 1.00 bits per heavy atom. The summed E-state index contributed by atoms with van der Waals surface area (Å²) in [4.78, 5) is 15.1. The zero-order valence-corrected chi connectivity index (χ0v) is 19.5. The summed E-state index contributed by atoms with van der Waals surface area (Å²) in [5.74, 6) is 3.10. The fraction of sp³-hybridized carbons (Fsp3) is 0.741. The molecule has 33 heavy (non-hydrogen) atoms. The third-order valence-corrected chi connectivity index (χ3v) is 10.4. The molecule has 1 heterocycles. The first-order chi connectivity index (χ1) is 15.9. The monoisotopic (exact) mass is 455 g/mol. The number of nitrogens with zero attached hydrogens (tertiary/aromatic N) is 3. The molecule has 1 aromatic carbocycles. The topological polar surface area (TPSA) is 47.8 Å². The van der Waals surface area contributed by atoms with Crippen LogP contribution < -0.4 is 0 Å². The number of carbonyl (C=O) groups is 1. The van der Waals surface area contributed by atoms with Crippen LogP contribution in [0.5, 0.6) is 0 Å². The lowest BCUT2D eigenvalue weighted by Gasteiger charge is -2.56. The van der Waals surface area contributed by atoms with E-state index in [-0.39, 0.29) is 29.6 Å². The highest BCUT2D eigenvalue weighted by atomic mass is 19.3. The highest BCUT2D eigenvalue weighted by molar-refractivity contribution is 5.82. The molecule has 178 valence electrons. The van der Waals surface area contributed by atoms with Crippen molar-refractivity contribution in [3.63, 3.8) is 0 Å². The molecule has 4 saturated carbocycles. The van der Waals surface area contributed by atoms with Gasteiger partial charge in [-0.05, 0) is 105 Å². The van der Waals surface area contributed by atoms with Gasteiger partial charge < -0.3 is 0 Å². The van der Waals surface area contributed by atoms with Crippen LogP contribution in [0.4, 0.5) is 8.78 Å². The molecule has 4 aliphatic carbocycles. The third-order valence-electron chi connectivity index (χ3n) is 10.4. The molecule has 8 unspecified atom stereocenters. The SMILES string of the molecule is CC12CCC3C4CCC(C(F)F)CC4CCC3C1CCC2C(=O)Cn1nc2ccccc2n1. The van der Waals surface area contributed by atoms with E-state index in [1.54, 1.807) is 4.80 Å².